The Balaban J connectivity index is 1.67. The van der Waals surface area contributed by atoms with Crippen molar-refractivity contribution in [3.05, 3.63) is 57.4 Å². The van der Waals surface area contributed by atoms with Gasteiger partial charge >= 0.3 is 5.63 Å². The van der Waals surface area contributed by atoms with Crippen molar-refractivity contribution in [3.63, 3.8) is 0 Å². The lowest BCUT2D eigenvalue weighted by atomic mass is 10.1. The minimum Gasteiger partial charge on any atom is -0.490 e. The van der Waals surface area contributed by atoms with Crippen LogP contribution < -0.4 is 10.4 Å². The number of rotatable bonds is 4. The molecule has 0 saturated carbocycles. The molecule has 6 nitrogen and oxygen atoms in total. The summed E-state index contributed by atoms with van der Waals surface area (Å²) in [4.78, 5) is 11.3. The Morgan fingerprint density at radius 1 is 1.23 bits per heavy atom. The molecule has 2 aromatic rings. The molecule has 0 N–H and O–H groups in total. The second-order valence-electron chi connectivity index (χ2n) is 6.02. The van der Waals surface area contributed by atoms with Crippen LogP contribution in [-0.4, -0.2) is 31.9 Å². The predicted octanol–water partition coefficient (Wildman–Crippen LogP) is 2.97. The van der Waals surface area contributed by atoms with Crippen molar-refractivity contribution in [2.75, 3.05) is 13.1 Å². The average molecular weight is 402 g/mol. The first kappa shape index (κ1) is 18.9. The SMILES string of the molecule is Cc1cc(OC2CCN(S(=O)(=O)c3ccc(F)c(Cl)c3)CC2)cc(=O)o1. The Labute approximate surface area is 155 Å². The van der Waals surface area contributed by atoms with Crippen molar-refractivity contribution in [2.24, 2.45) is 0 Å². The third-order valence-electron chi connectivity index (χ3n) is 4.10. The van der Waals surface area contributed by atoms with E-state index in [1.807, 2.05) is 0 Å². The zero-order valence-corrected chi connectivity index (χ0v) is 15.5. The van der Waals surface area contributed by atoms with E-state index in [0.29, 0.717) is 24.4 Å². The Kier molecular flexibility index (Phi) is 5.36. The number of aryl methyl sites for hydroxylation is 1. The summed E-state index contributed by atoms with van der Waals surface area (Å²) in [5.41, 5.74) is -0.492. The standard InChI is InChI=1S/C17H17ClFNO5S/c1-11-8-13(9-17(21)24-11)25-12-4-6-20(7-5-12)26(22,23)14-2-3-16(19)15(18)10-14/h2-3,8-10,12H,4-7H2,1H3. The fraction of sp³-hybridized carbons (Fsp3) is 0.353. The maximum Gasteiger partial charge on any atom is 0.339 e. The fourth-order valence-electron chi connectivity index (χ4n) is 2.81. The molecule has 2 heterocycles. The van der Waals surface area contributed by atoms with Crippen molar-refractivity contribution in [3.8, 4) is 5.75 Å². The normalized spacial score (nSPS) is 16.6. The van der Waals surface area contributed by atoms with Crippen molar-refractivity contribution in [2.45, 2.75) is 30.8 Å². The second-order valence-corrected chi connectivity index (χ2v) is 8.37. The summed E-state index contributed by atoms with van der Waals surface area (Å²) in [6.07, 6.45) is 0.723. The monoisotopic (exact) mass is 401 g/mol. The summed E-state index contributed by atoms with van der Waals surface area (Å²) in [7, 11) is -3.75. The molecular weight excluding hydrogens is 385 g/mol. The summed E-state index contributed by atoms with van der Waals surface area (Å²) in [6.45, 7) is 2.15. The van der Waals surface area contributed by atoms with E-state index in [2.05, 4.69) is 0 Å². The number of hydrogen-bond acceptors (Lipinski definition) is 5. The molecule has 1 aromatic heterocycles. The first-order valence-corrected chi connectivity index (χ1v) is 9.81. The fourth-order valence-corrected chi connectivity index (χ4v) is 4.55. The van der Waals surface area contributed by atoms with Crippen LogP contribution in [-0.2, 0) is 10.0 Å². The van der Waals surface area contributed by atoms with E-state index in [-0.39, 0.29) is 29.1 Å². The van der Waals surface area contributed by atoms with Gasteiger partial charge in [-0.1, -0.05) is 11.6 Å². The zero-order chi connectivity index (χ0) is 18.9. The van der Waals surface area contributed by atoms with Gasteiger partial charge in [-0.3, -0.25) is 0 Å². The predicted molar refractivity (Wildman–Crippen MR) is 93.5 cm³/mol. The van der Waals surface area contributed by atoms with Gasteiger partial charge in [0.1, 0.15) is 23.4 Å². The lowest BCUT2D eigenvalue weighted by Crippen LogP contribution is -2.41. The largest absolute Gasteiger partial charge is 0.490 e. The summed E-state index contributed by atoms with van der Waals surface area (Å²) < 4.78 is 50.5. The van der Waals surface area contributed by atoms with Gasteiger partial charge in [-0.25, -0.2) is 17.6 Å². The van der Waals surface area contributed by atoms with Gasteiger partial charge in [-0.2, -0.15) is 4.31 Å². The molecule has 0 aliphatic carbocycles. The average Bonchev–Trinajstić information content (AvgIpc) is 2.57. The molecule has 1 aliphatic rings. The van der Waals surface area contributed by atoms with Crippen molar-refractivity contribution < 1.29 is 22.0 Å². The number of hydrogen-bond donors (Lipinski definition) is 0. The molecule has 1 aliphatic heterocycles. The number of piperidine rings is 1. The van der Waals surface area contributed by atoms with Crippen LogP contribution in [0.2, 0.25) is 5.02 Å². The minimum absolute atomic E-state index is 0.0421. The van der Waals surface area contributed by atoms with E-state index in [0.717, 1.165) is 12.1 Å². The van der Waals surface area contributed by atoms with Crippen LogP contribution in [0, 0.1) is 12.7 Å². The third-order valence-corrected chi connectivity index (χ3v) is 6.28. The second kappa shape index (κ2) is 7.38. The molecule has 0 unspecified atom stereocenters. The van der Waals surface area contributed by atoms with Crippen LogP contribution >= 0.6 is 11.6 Å². The molecule has 0 bridgehead atoms. The lowest BCUT2D eigenvalue weighted by molar-refractivity contribution is 0.134. The van der Waals surface area contributed by atoms with Crippen LogP contribution in [0.1, 0.15) is 18.6 Å². The molecule has 26 heavy (non-hydrogen) atoms. The van der Waals surface area contributed by atoms with E-state index in [1.54, 1.807) is 13.0 Å². The zero-order valence-electron chi connectivity index (χ0n) is 13.9. The molecule has 1 saturated heterocycles. The molecule has 1 aromatic carbocycles. The highest BCUT2D eigenvalue weighted by Gasteiger charge is 2.30. The van der Waals surface area contributed by atoms with E-state index in [1.165, 1.54) is 16.4 Å². The highest BCUT2D eigenvalue weighted by molar-refractivity contribution is 7.89. The molecule has 9 heteroatoms. The van der Waals surface area contributed by atoms with Crippen LogP contribution in [0.15, 0.2) is 44.4 Å². The molecule has 0 amide bonds. The van der Waals surface area contributed by atoms with Crippen molar-refractivity contribution in [1.29, 1.82) is 0 Å². The van der Waals surface area contributed by atoms with Gasteiger partial charge in [0.05, 0.1) is 16.0 Å². The topological polar surface area (TPSA) is 76.8 Å². The molecule has 140 valence electrons. The minimum atomic E-state index is -3.75. The molecule has 3 rings (SSSR count). The van der Waals surface area contributed by atoms with E-state index < -0.39 is 21.5 Å². The smallest absolute Gasteiger partial charge is 0.339 e. The Morgan fingerprint density at radius 2 is 1.92 bits per heavy atom. The quantitative estimate of drug-likeness (QED) is 0.787. The van der Waals surface area contributed by atoms with Crippen molar-refractivity contribution in [1.82, 2.24) is 4.31 Å². The van der Waals surface area contributed by atoms with Gasteiger partial charge in [0.15, 0.2) is 0 Å². The highest BCUT2D eigenvalue weighted by Crippen LogP contribution is 2.26. The van der Waals surface area contributed by atoms with E-state index in [4.69, 9.17) is 20.8 Å². The van der Waals surface area contributed by atoms with E-state index >= 15 is 0 Å². The summed E-state index contributed by atoms with van der Waals surface area (Å²) in [5, 5.41) is -0.234. The molecule has 1 fully saturated rings. The van der Waals surface area contributed by atoms with Crippen LogP contribution in [0.3, 0.4) is 0 Å². The molecule has 0 radical (unpaired) electrons. The first-order chi connectivity index (χ1) is 12.3. The summed E-state index contributed by atoms with van der Waals surface area (Å²) >= 11 is 5.69. The first-order valence-electron chi connectivity index (χ1n) is 7.99. The number of benzene rings is 1. The highest BCUT2D eigenvalue weighted by atomic mass is 35.5. The molecular formula is C17H17ClFNO5S. The number of ether oxygens (including phenoxy) is 1. The van der Waals surface area contributed by atoms with E-state index in [9.17, 15) is 17.6 Å². The van der Waals surface area contributed by atoms with Crippen molar-refractivity contribution >= 4 is 21.6 Å². The molecule has 0 spiro atoms. The number of sulfonamides is 1. The van der Waals surface area contributed by atoms with Gasteiger partial charge in [0.25, 0.3) is 0 Å². The van der Waals surface area contributed by atoms with Gasteiger partial charge in [0, 0.05) is 19.2 Å². The third kappa shape index (κ3) is 4.08. The van der Waals surface area contributed by atoms with Crippen LogP contribution in [0.25, 0.3) is 0 Å². The Morgan fingerprint density at radius 3 is 2.54 bits per heavy atom. The van der Waals surface area contributed by atoms with Gasteiger partial charge < -0.3 is 9.15 Å². The van der Waals surface area contributed by atoms with Gasteiger partial charge in [-0.05, 0) is 38.0 Å². The number of nitrogens with zero attached hydrogens (tertiary/aromatic N) is 1. The van der Waals surface area contributed by atoms with Gasteiger partial charge in [0.2, 0.25) is 10.0 Å². The Hall–Kier alpha value is -1.90. The Bertz CT molecular complexity index is 967. The summed E-state index contributed by atoms with van der Waals surface area (Å²) in [5.74, 6) is 0.187. The lowest BCUT2D eigenvalue weighted by Gasteiger charge is -2.31. The van der Waals surface area contributed by atoms with Crippen LogP contribution in [0.4, 0.5) is 4.39 Å². The number of halogens is 2. The maximum atomic E-state index is 13.3. The summed E-state index contributed by atoms with van der Waals surface area (Å²) in [6, 6.07) is 6.22. The van der Waals surface area contributed by atoms with Crippen LogP contribution in [0.5, 0.6) is 5.75 Å². The molecule has 0 atom stereocenters. The van der Waals surface area contributed by atoms with Gasteiger partial charge in [-0.15, -0.1) is 0 Å². The maximum absolute atomic E-state index is 13.3.